The summed E-state index contributed by atoms with van der Waals surface area (Å²) in [6.45, 7) is 5.83. The lowest BCUT2D eigenvalue weighted by molar-refractivity contribution is -0.118. The van der Waals surface area contributed by atoms with Crippen molar-refractivity contribution in [3.8, 4) is 28.4 Å². The molecule has 4 rings (SSSR count). The lowest BCUT2D eigenvalue weighted by atomic mass is 9.97. The molecule has 0 atom stereocenters. The van der Waals surface area contributed by atoms with Gasteiger partial charge in [0.25, 0.3) is 0 Å². The minimum atomic E-state index is -0.386. The van der Waals surface area contributed by atoms with Crippen LogP contribution in [0.25, 0.3) is 11.1 Å². The van der Waals surface area contributed by atoms with Gasteiger partial charge in [0, 0.05) is 44.3 Å². The number of hydrogen-bond donors (Lipinski definition) is 2. The van der Waals surface area contributed by atoms with Crippen LogP contribution >= 0.6 is 0 Å². The zero-order valence-corrected chi connectivity index (χ0v) is 23.1. The van der Waals surface area contributed by atoms with Gasteiger partial charge in [0.05, 0.1) is 7.11 Å². The molecule has 0 spiro atoms. The SMILES string of the molecule is COc1cc(F)cc(COc2cc(OCc3cccc(-c4ccccc4)c3C)ccc2CNCCNC(C)=O)c1. The van der Waals surface area contributed by atoms with E-state index in [9.17, 15) is 9.18 Å². The smallest absolute Gasteiger partial charge is 0.216 e. The third-order valence-electron chi connectivity index (χ3n) is 6.52. The molecule has 0 saturated heterocycles. The summed E-state index contributed by atoms with van der Waals surface area (Å²) in [5.74, 6) is 1.27. The summed E-state index contributed by atoms with van der Waals surface area (Å²) in [5, 5.41) is 6.08. The van der Waals surface area contributed by atoms with Gasteiger partial charge < -0.3 is 24.8 Å². The summed E-state index contributed by atoms with van der Waals surface area (Å²) in [4.78, 5) is 11.1. The zero-order valence-electron chi connectivity index (χ0n) is 23.1. The first kappa shape index (κ1) is 28.6. The molecule has 0 fully saturated rings. The van der Waals surface area contributed by atoms with Gasteiger partial charge in [-0.3, -0.25) is 4.79 Å². The Hall–Kier alpha value is -4.36. The predicted molar refractivity (Wildman–Crippen MR) is 155 cm³/mol. The Balaban J connectivity index is 1.49. The normalized spacial score (nSPS) is 10.7. The Labute approximate surface area is 235 Å². The van der Waals surface area contributed by atoms with Crippen LogP contribution in [0.3, 0.4) is 0 Å². The molecule has 7 heteroatoms. The first-order valence-corrected chi connectivity index (χ1v) is 13.2. The quantitative estimate of drug-likeness (QED) is 0.197. The highest BCUT2D eigenvalue weighted by atomic mass is 19.1. The second-order valence-electron chi connectivity index (χ2n) is 9.46. The molecular weight excluding hydrogens is 507 g/mol. The molecule has 0 aliphatic carbocycles. The maximum absolute atomic E-state index is 14.0. The Bertz CT molecular complexity index is 1430. The Morgan fingerprint density at radius 3 is 2.42 bits per heavy atom. The van der Waals surface area contributed by atoms with E-state index in [0.29, 0.717) is 49.1 Å². The molecule has 40 heavy (non-hydrogen) atoms. The Morgan fingerprint density at radius 1 is 0.825 bits per heavy atom. The van der Waals surface area contributed by atoms with Crippen molar-refractivity contribution in [2.45, 2.75) is 33.6 Å². The van der Waals surface area contributed by atoms with Gasteiger partial charge in [0.15, 0.2) is 0 Å². The van der Waals surface area contributed by atoms with E-state index < -0.39 is 0 Å². The average molecular weight is 543 g/mol. The van der Waals surface area contributed by atoms with Crippen LogP contribution in [0.15, 0.2) is 84.9 Å². The van der Waals surface area contributed by atoms with E-state index in [-0.39, 0.29) is 18.3 Å². The van der Waals surface area contributed by atoms with Gasteiger partial charge in [0.1, 0.15) is 36.3 Å². The van der Waals surface area contributed by atoms with Crippen molar-refractivity contribution in [1.82, 2.24) is 10.6 Å². The van der Waals surface area contributed by atoms with E-state index in [4.69, 9.17) is 14.2 Å². The molecule has 0 bridgehead atoms. The molecule has 0 aromatic heterocycles. The lowest BCUT2D eigenvalue weighted by Crippen LogP contribution is -2.30. The fourth-order valence-electron chi connectivity index (χ4n) is 4.37. The van der Waals surface area contributed by atoms with E-state index >= 15 is 0 Å². The van der Waals surface area contributed by atoms with Crippen molar-refractivity contribution < 1.29 is 23.4 Å². The number of halogens is 1. The number of carbonyl (C=O) groups is 1. The van der Waals surface area contributed by atoms with Crippen molar-refractivity contribution in [2.24, 2.45) is 0 Å². The van der Waals surface area contributed by atoms with Crippen molar-refractivity contribution >= 4 is 5.91 Å². The fraction of sp³-hybridized carbons (Fsp3) is 0.242. The van der Waals surface area contributed by atoms with Gasteiger partial charge in [-0.1, -0.05) is 54.6 Å². The summed E-state index contributed by atoms with van der Waals surface area (Å²) in [6, 6.07) is 26.8. The number of carbonyl (C=O) groups excluding carboxylic acids is 1. The Morgan fingerprint density at radius 2 is 1.65 bits per heavy atom. The molecule has 0 unspecified atom stereocenters. The largest absolute Gasteiger partial charge is 0.497 e. The number of benzene rings is 4. The van der Waals surface area contributed by atoms with Gasteiger partial charge in [-0.2, -0.15) is 0 Å². The summed E-state index contributed by atoms with van der Waals surface area (Å²) in [7, 11) is 1.50. The summed E-state index contributed by atoms with van der Waals surface area (Å²) < 4.78 is 31.6. The van der Waals surface area contributed by atoms with Gasteiger partial charge in [-0.15, -0.1) is 0 Å². The monoisotopic (exact) mass is 542 g/mol. The van der Waals surface area contributed by atoms with Crippen molar-refractivity contribution in [3.63, 3.8) is 0 Å². The third kappa shape index (κ3) is 8.07. The van der Waals surface area contributed by atoms with Crippen LogP contribution in [-0.4, -0.2) is 26.1 Å². The second kappa shape index (κ2) is 14.1. The highest BCUT2D eigenvalue weighted by Crippen LogP contribution is 2.29. The molecule has 1 amide bonds. The molecular formula is C33H35FN2O4. The van der Waals surface area contributed by atoms with Crippen LogP contribution < -0.4 is 24.8 Å². The molecule has 6 nitrogen and oxygen atoms in total. The number of nitrogens with one attached hydrogen (secondary N) is 2. The van der Waals surface area contributed by atoms with E-state index in [0.717, 1.165) is 11.1 Å². The van der Waals surface area contributed by atoms with Crippen molar-refractivity contribution in [3.05, 3.63) is 113 Å². The molecule has 0 radical (unpaired) electrons. The third-order valence-corrected chi connectivity index (χ3v) is 6.52. The van der Waals surface area contributed by atoms with Crippen LogP contribution in [0.1, 0.15) is 29.2 Å². The first-order chi connectivity index (χ1) is 19.4. The van der Waals surface area contributed by atoms with Crippen molar-refractivity contribution in [1.29, 1.82) is 0 Å². The molecule has 0 aliphatic rings. The van der Waals surface area contributed by atoms with Gasteiger partial charge >= 0.3 is 0 Å². The standard InChI is InChI=1S/C33H35FN2O4/c1-23-28(10-7-11-32(23)26-8-5-4-6-9-26)22-39-30-13-12-27(20-35-14-15-36-24(2)37)33(19-30)40-21-25-16-29(34)18-31(17-25)38-3/h4-13,16-19,35H,14-15,20-22H2,1-3H3,(H,36,37). The molecule has 0 saturated carbocycles. The second-order valence-corrected chi connectivity index (χ2v) is 9.46. The van der Waals surface area contributed by atoms with E-state index in [1.807, 2.05) is 42.5 Å². The molecule has 0 aliphatic heterocycles. The van der Waals surface area contributed by atoms with Crippen LogP contribution in [0.4, 0.5) is 4.39 Å². The van der Waals surface area contributed by atoms with Gasteiger partial charge in [0.2, 0.25) is 5.91 Å². The van der Waals surface area contributed by atoms with Gasteiger partial charge in [-0.25, -0.2) is 4.39 Å². The maximum Gasteiger partial charge on any atom is 0.216 e. The molecule has 2 N–H and O–H groups in total. The number of ether oxygens (including phenoxy) is 3. The predicted octanol–water partition coefficient (Wildman–Crippen LogP) is 6.19. The molecule has 4 aromatic carbocycles. The number of rotatable bonds is 13. The minimum Gasteiger partial charge on any atom is -0.497 e. The topological polar surface area (TPSA) is 68.8 Å². The van der Waals surface area contributed by atoms with Crippen LogP contribution in [-0.2, 0) is 24.6 Å². The summed E-state index contributed by atoms with van der Waals surface area (Å²) in [5.41, 5.74) is 6.19. The van der Waals surface area contributed by atoms with E-state index in [1.54, 1.807) is 6.07 Å². The highest BCUT2D eigenvalue weighted by Gasteiger charge is 2.11. The lowest BCUT2D eigenvalue weighted by Gasteiger charge is -2.16. The first-order valence-electron chi connectivity index (χ1n) is 13.2. The maximum atomic E-state index is 14.0. The van der Waals surface area contributed by atoms with E-state index in [1.165, 1.54) is 42.9 Å². The average Bonchev–Trinajstić information content (AvgIpc) is 2.96. The zero-order chi connectivity index (χ0) is 28.3. The molecule has 208 valence electrons. The van der Waals surface area contributed by atoms with Gasteiger partial charge in [-0.05, 0) is 52.9 Å². The number of amides is 1. The fourth-order valence-corrected chi connectivity index (χ4v) is 4.37. The highest BCUT2D eigenvalue weighted by molar-refractivity contribution is 5.72. The molecule has 0 heterocycles. The number of hydrogen-bond acceptors (Lipinski definition) is 5. The van der Waals surface area contributed by atoms with Crippen molar-refractivity contribution in [2.75, 3.05) is 20.2 Å². The number of methoxy groups -OCH3 is 1. The van der Waals surface area contributed by atoms with Crippen LogP contribution in [0, 0.1) is 12.7 Å². The molecule has 4 aromatic rings. The summed E-state index contributed by atoms with van der Waals surface area (Å²) in [6.07, 6.45) is 0. The summed E-state index contributed by atoms with van der Waals surface area (Å²) >= 11 is 0. The minimum absolute atomic E-state index is 0.0672. The van der Waals surface area contributed by atoms with Crippen LogP contribution in [0.2, 0.25) is 0 Å². The van der Waals surface area contributed by atoms with E-state index in [2.05, 4.69) is 41.8 Å². The Kier molecular flexibility index (Phi) is 10.1. The van der Waals surface area contributed by atoms with Crippen LogP contribution in [0.5, 0.6) is 17.2 Å².